The molecular weight excluding hydrogens is 146 g/mol. The van der Waals surface area contributed by atoms with Gasteiger partial charge in [-0.15, -0.1) is 0 Å². The summed E-state index contributed by atoms with van der Waals surface area (Å²) in [4.78, 5) is 12.9. The van der Waals surface area contributed by atoms with E-state index in [0.29, 0.717) is 0 Å². The van der Waals surface area contributed by atoms with Gasteiger partial charge < -0.3 is 4.74 Å². The van der Waals surface area contributed by atoms with Crippen LogP contribution in [0.15, 0.2) is 5.11 Å². The van der Waals surface area contributed by atoms with E-state index in [9.17, 15) is 4.79 Å². The third-order valence-electron chi connectivity index (χ3n) is 1.70. The summed E-state index contributed by atoms with van der Waals surface area (Å²) in [5.74, 6) is 0. The van der Waals surface area contributed by atoms with Crippen LogP contribution in [0, 0.1) is 0 Å². The Morgan fingerprint density at radius 3 is 2.73 bits per heavy atom. The molecule has 0 spiro atoms. The Bertz CT molecular complexity index is 192. The molecule has 1 saturated carbocycles. The Morgan fingerprint density at radius 1 is 1.55 bits per heavy atom. The molecule has 5 heteroatoms. The van der Waals surface area contributed by atoms with Crippen molar-refractivity contribution >= 4 is 6.09 Å². The average Bonchev–Trinajstić information content (AvgIpc) is 2.40. The van der Waals surface area contributed by atoms with Gasteiger partial charge in [-0.2, -0.15) is 0 Å². The third kappa shape index (κ3) is 2.47. The molecule has 0 radical (unpaired) electrons. The smallest absolute Gasteiger partial charge is 0.397 e. The topological polar surface area (TPSA) is 75.1 Å². The Balaban J connectivity index is 2.29. The molecule has 0 aromatic rings. The van der Waals surface area contributed by atoms with Crippen molar-refractivity contribution in [2.45, 2.75) is 31.8 Å². The van der Waals surface area contributed by atoms with Crippen molar-refractivity contribution in [2.75, 3.05) is 0 Å². The molecule has 1 aliphatic rings. The van der Waals surface area contributed by atoms with E-state index in [4.69, 9.17) is 10.3 Å². The minimum absolute atomic E-state index is 0.0204. The van der Waals surface area contributed by atoms with Crippen molar-refractivity contribution < 1.29 is 9.53 Å². The summed E-state index contributed by atoms with van der Waals surface area (Å²) >= 11 is 0. The molecule has 0 aliphatic heterocycles. The lowest BCUT2D eigenvalue weighted by Crippen LogP contribution is -2.10. The van der Waals surface area contributed by atoms with Gasteiger partial charge in [-0.25, -0.2) is 4.79 Å². The van der Waals surface area contributed by atoms with Crippen LogP contribution >= 0.6 is 0 Å². The van der Waals surface area contributed by atoms with Crippen molar-refractivity contribution in [1.29, 1.82) is 0 Å². The van der Waals surface area contributed by atoms with Gasteiger partial charge >= 0.3 is 6.09 Å². The lowest BCUT2D eigenvalue weighted by atomic mass is 10.3. The number of hydrogen-bond acceptors (Lipinski definition) is 2. The van der Waals surface area contributed by atoms with Gasteiger partial charge in [0, 0.05) is 10.0 Å². The second-order valence-electron chi connectivity index (χ2n) is 2.48. The highest BCUT2D eigenvalue weighted by Crippen LogP contribution is 2.21. The molecular formula is C6H9N3O2. The summed E-state index contributed by atoms with van der Waals surface area (Å²) in [5.41, 5.74) is 7.87. The summed E-state index contributed by atoms with van der Waals surface area (Å²) in [6.45, 7) is 0. The van der Waals surface area contributed by atoms with Crippen LogP contribution in [-0.2, 0) is 4.74 Å². The number of nitrogens with zero attached hydrogens (tertiary/aromatic N) is 3. The first-order chi connectivity index (χ1) is 5.33. The Labute approximate surface area is 64.0 Å². The van der Waals surface area contributed by atoms with E-state index in [1.807, 2.05) is 0 Å². The molecule has 1 amide bonds. The standard InChI is InChI=1S/C6H9N3O2/c7-9-8-6(10)11-5-3-1-2-4-5/h5H,1-4H2. The number of carbonyl (C=O) groups excluding carboxylic acids is 1. The van der Waals surface area contributed by atoms with Crippen LogP contribution in [0.5, 0.6) is 0 Å². The zero-order valence-corrected chi connectivity index (χ0v) is 6.06. The molecule has 0 atom stereocenters. The molecule has 1 fully saturated rings. The molecule has 0 unspecified atom stereocenters. The molecule has 60 valence electrons. The normalized spacial score (nSPS) is 17.5. The maximum absolute atomic E-state index is 10.6. The Morgan fingerprint density at radius 2 is 2.18 bits per heavy atom. The first-order valence-electron chi connectivity index (χ1n) is 3.58. The molecule has 0 aromatic heterocycles. The summed E-state index contributed by atoms with van der Waals surface area (Å²) < 4.78 is 4.79. The van der Waals surface area contributed by atoms with Gasteiger partial charge in [0.2, 0.25) is 0 Å². The van der Waals surface area contributed by atoms with Gasteiger partial charge in [0.05, 0.1) is 0 Å². The number of ether oxygens (including phenoxy) is 1. The first-order valence-corrected chi connectivity index (χ1v) is 3.58. The number of hydrogen-bond donors (Lipinski definition) is 0. The molecule has 0 heterocycles. The van der Waals surface area contributed by atoms with Crippen LogP contribution in [0.25, 0.3) is 10.4 Å². The van der Waals surface area contributed by atoms with Crippen LogP contribution in [-0.4, -0.2) is 12.2 Å². The molecule has 0 aromatic carbocycles. The summed E-state index contributed by atoms with van der Waals surface area (Å²) in [7, 11) is 0. The second-order valence-corrected chi connectivity index (χ2v) is 2.48. The van der Waals surface area contributed by atoms with E-state index >= 15 is 0 Å². The molecule has 11 heavy (non-hydrogen) atoms. The quantitative estimate of drug-likeness (QED) is 0.331. The van der Waals surface area contributed by atoms with Gasteiger partial charge in [0.1, 0.15) is 6.10 Å². The molecule has 0 N–H and O–H groups in total. The predicted molar refractivity (Wildman–Crippen MR) is 37.9 cm³/mol. The van der Waals surface area contributed by atoms with Gasteiger partial charge in [0.25, 0.3) is 0 Å². The van der Waals surface area contributed by atoms with Crippen LogP contribution in [0.2, 0.25) is 0 Å². The largest absolute Gasteiger partial charge is 0.458 e. The average molecular weight is 155 g/mol. The monoisotopic (exact) mass is 155 g/mol. The minimum Gasteiger partial charge on any atom is -0.458 e. The first kappa shape index (κ1) is 7.88. The zero-order chi connectivity index (χ0) is 8.10. The Hall–Kier alpha value is -1.22. The highest BCUT2D eigenvalue weighted by atomic mass is 16.6. The van der Waals surface area contributed by atoms with Gasteiger partial charge in [-0.3, -0.25) is 0 Å². The lowest BCUT2D eigenvalue weighted by Gasteiger charge is -2.06. The molecule has 5 nitrogen and oxygen atoms in total. The third-order valence-corrected chi connectivity index (χ3v) is 1.70. The molecule has 1 aliphatic carbocycles. The van der Waals surface area contributed by atoms with E-state index in [0.717, 1.165) is 25.7 Å². The second kappa shape index (κ2) is 3.83. The fourth-order valence-corrected chi connectivity index (χ4v) is 1.21. The summed E-state index contributed by atoms with van der Waals surface area (Å²) in [6, 6.07) is 0. The minimum atomic E-state index is -0.806. The number of carbonyl (C=O) groups is 1. The van der Waals surface area contributed by atoms with E-state index < -0.39 is 6.09 Å². The summed E-state index contributed by atoms with van der Waals surface area (Å²) in [5, 5.41) is 2.81. The van der Waals surface area contributed by atoms with E-state index in [1.165, 1.54) is 0 Å². The lowest BCUT2D eigenvalue weighted by molar-refractivity contribution is 0.110. The highest BCUT2D eigenvalue weighted by Gasteiger charge is 2.17. The predicted octanol–water partition coefficient (Wildman–Crippen LogP) is 2.38. The maximum atomic E-state index is 10.6. The van der Waals surface area contributed by atoms with Crippen molar-refractivity contribution in [3.8, 4) is 0 Å². The van der Waals surface area contributed by atoms with Crippen LogP contribution in [0.3, 0.4) is 0 Å². The van der Waals surface area contributed by atoms with Crippen LogP contribution in [0.1, 0.15) is 25.7 Å². The number of amides is 1. The van der Waals surface area contributed by atoms with Crippen LogP contribution in [0.4, 0.5) is 4.79 Å². The molecule has 0 saturated heterocycles. The van der Waals surface area contributed by atoms with Crippen molar-refractivity contribution in [3.05, 3.63) is 10.4 Å². The fraction of sp³-hybridized carbons (Fsp3) is 0.833. The van der Waals surface area contributed by atoms with Crippen LogP contribution < -0.4 is 0 Å². The van der Waals surface area contributed by atoms with E-state index in [-0.39, 0.29) is 6.10 Å². The SMILES string of the molecule is [N-]=[N+]=NC(=O)OC1CCCC1. The fourth-order valence-electron chi connectivity index (χ4n) is 1.21. The molecule has 1 rings (SSSR count). The number of azide groups is 1. The van der Waals surface area contributed by atoms with Crippen molar-refractivity contribution in [3.63, 3.8) is 0 Å². The van der Waals surface area contributed by atoms with Gasteiger partial charge in [0.15, 0.2) is 0 Å². The van der Waals surface area contributed by atoms with E-state index in [1.54, 1.807) is 0 Å². The van der Waals surface area contributed by atoms with Crippen molar-refractivity contribution in [1.82, 2.24) is 0 Å². The van der Waals surface area contributed by atoms with Gasteiger partial charge in [-0.05, 0) is 31.2 Å². The zero-order valence-electron chi connectivity index (χ0n) is 6.06. The molecule has 0 bridgehead atoms. The summed E-state index contributed by atoms with van der Waals surface area (Å²) in [6.07, 6.45) is 3.15. The van der Waals surface area contributed by atoms with E-state index in [2.05, 4.69) is 10.0 Å². The maximum Gasteiger partial charge on any atom is 0.397 e. The van der Waals surface area contributed by atoms with Crippen molar-refractivity contribution in [2.24, 2.45) is 5.11 Å². The highest BCUT2D eigenvalue weighted by molar-refractivity contribution is 5.68. The number of rotatable bonds is 1. The van der Waals surface area contributed by atoms with Gasteiger partial charge in [-0.1, -0.05) is 0 Å². The Kier molecular flexibility index (Phi) is 2.74.